The van der Waals surface area contributed by atoms with Crippen LogP contribution in [-0.2, 0) is 6.42 Å². The molecule has 4 rings (SSSR count). The van der Waals surface area contributed by atoms with E-state index in [1.165, 1.54) is 16.0 Å². The lowest BCUT2D eigenvalue weighted by atomic mass is 10.1. The highest BCUT2D eigenvalue weighted by molar-refractivity contribution is 7.18. The maximum Gasteiger partial charge on any atom is 0.138 e. The van der Waals surface area contributed by atoms with E-state index in [-0.39, 0.29) is 0 Å². The van der Waals surface area contributed by atoms with Crippen LogP contribution in [0.3, 0.4) is 0 Å². The van der Waals surface area contributed by atoms with E-state index in [0.29, 0.717) is 6.04 Å². The standard InChI is InChI=1S/C16H15N3S/c1-10-8-13-15(17-9-18-16(13)20-10)19-14-7-6-11-4-2-3-5-12(11)14/h2-5,8-9,14H,6-7H2,1H3,(H,17,18,19). The van der Waals surface area contributed by atoms with Crippen molar-refractivity contribution in [2.24, 2.45) is 0 Å². The number of anilines is 1. The summed E-state index contributed by atoms with van der Waals surface area (Å²) in [5, 5.41) is 4.75. The fraction of sp³-hybridized carbons (Fsp3) is 0.250. The zero-order valence-electron chi connectivity index (χ0n) is 11.3. The Morgan fingerprint density at radius 3 is 3.10 bits per heavy atom. The van der Waals surface area contributed by atoms with Gasteiger partial charge in [-0.2, -0.15) is 0 Å². The Labute approximate surface area is 121 Å². The summed E-state index contributed by atoms with van der Waals surface area (Å²) in [4.78, 5) is 11.1. The summed E-state index contributed by atoms with van der Waals surface area (Å²) in [6.45, 7) is 2.11. The molecule has 3 aromatic rings. The molecule has 0 spiro atoms. The molecule has 1 aliphatic rings. The van der Waals surface area contributed by atoms with Crippen molar-refractivity contribution in [3.8, 4) is 0 Å². The van der Waals surface area contributed by atoms with E-state index in [2.05, 4.69) is 52.5 Å². The Kier molecular flexibility index (Phi) is 2.70. The molecule has 2 heterocycles. The van der Waals surface area contributed by atoms with E-state index in [0.717, 1.165) is 28.9 Å². The van der Waals surface area contributed by atoms with Crippen LogP contribution in [0.25, 0.3) is 10.2 Å². The van der Waals surface area contributed by atoms with Crippen LogP contribution in [0.2, 0.25) is 0 Å². The molecule has 1 N–H and O–H groups in total. The van der Waals surface area contributed by atoms with Gasteiger partial charge in [-0.3, -0.25) is 0 Å². The number of nitrogens with zero attached hydrogens (tertiary/aromatic N) is 2. The zero-order chi connectivity index (χ0) is 13.5. The van der Waals surface area contributed by atoms with E-state index in [9.17, 15) is 0 Å². The third-order valence-corrected chi connectivity index (χ3v) is 4.85. The van der Waals surface area contributed by atoms with Gasteiger partial charge in [0.15, 0.2) is 0 Å². The van der Waals surface area contributed by atoms with Crippen LogP contribution in [0.15, 0.2) is 36.7 Å². The van der Waals surface area contributed by atoms with Crippen LogP contribution in [0.5, 0.6) is 0 Å². The minimum atomic E-state index is 0.365. The Bertz CT molecular complexity index is 778. The first-order valence-electron chi connectivity index (χ1n) is 6.87. The number of hydrogen-bond donors (Lipinski definition) is 1. The Morgan fingerprint density at radius 2 is 2.15 bits per heavy atom. The van der Waals surface area contributed by atoms with Crippen LogP contribution in [0, 0.1) is 6.92 Å². The minimum absolute atomic E-state index is 0.365. The lowest BCUT2D eigenvalue weighted by Crippen LogP contribution is -2.08. The molecule has 0 saturated heterocycles. The predicted octanol–water partition coefficient (Wildman–Crippen LogP) is 4.10. The molecule has 0 saturated carbocycles. The van der Waals surface area contributed by atoms with Crippen LogP contribution < -0.4 is 5.32 Å². The van der Waals surface area contributed by atoms with Crippen LogP contribution >= 0.6 is 11.3 Å². The number of rotatable bonds is 2. The predicted molar refractivity (Wildman–Crippen MR) is 83.3 cm³/mol. The average molecular weight is 281 g/mol. The van der Waals surface area contributed by atoms with Gasteiger partial charge in [-0.25, -0.2) is 9.97 Å². The summed E-state index contributed by atoms with van der Waals surface area (Å²) < 4.78 is 0. The number of aryl methyl sites for hydroxylation is 2. The van der Waals surface area contributed by atoms with Gasteiger partial charge >= 0.3 is 0 Å². The van der Waals surface area contributed by atoms with Gasteiger partial charge in [0, 0.05) is 4.88 Å². The van der Waals surface area contributed by atoms with Gasteiger partial charge in [0.25, 0.3) is 0 Å². The largest absolute Gasteiger partial charge is 0.363 e. The van der Waals surface area contributed by atoms with Gasteiger partial charge in [0.2, 0.25) is 0 Å². The maximum absolute atomic E-state index is 4.44. The molecule has 0 radical (unpaired) electrons. The lowest BCUT2D eigenvalue weighted by molar-refractivity contribution is 0.758. The first-order valence-corrected chi connectivity index (χ1v) is 7.68. The van der Waals surface area contributed by atoms with Gasteiger partial charge in [-0.1, -0.05) is 24.3 Å². The summed E-state index contributed by atoms with van der Waals surface area (Å²) in [6.07, 6.45) is 3.93. The fourth-order valence-electron chi connectivity index (χ4n) is 2.96. The summed E-state index contributed by atoms with van der Waals surface area (Å²) in [5.74, 6) is 0.959. The monoisotopic (exact) mass is 281 g/mol. The van der Waals surface area contributed by atoms with Gasteiger partial charge in [0.1, 0.15) is 17.0 Å². The molecular formula is C16H15N3S. The second kappa shape index (κ2) is 4.56. The highest BCUT2D eigenvalue weighted by Crippen LogP contribution is 2.35. The van der Waals surface area contributed by atoms with Crippen molar-refractivity contribution < 1.29 is 0 Å². The fourth-order valence-corrected chi connectivity index (χ4v) is 3.81. The number of benzene rings is 1. The van der Waals surface area contributed by atoms with Crippen molar-refractivity contribution in [1.29, 1.82) is 0 Å². The topological polar surface area (TPSA) is 37.8 Å². The first-order chi connectivity index (χ1) is 9.81. The molecule has 0 fully saturated rings. The highest BCUT2D eigenvalue weighted by Gasteiger charge is 2.22. The number of fused-ring (bicyclic) bond motifs is 2. The Morgan fingerprint density at radius 1 is 1.25 bits per heavy atom. The van der Waals surface area contributed by atoms with Gasteiger partial charge in [0.05, 0.1) is 11.4 Å². The third kappa shape index (κ3) is 1.88. The molecule has 0 amide bonds. The van der Waals surface area contributed by atoms with Crippen LogP contribution in [-0.4, -0.2) is 9.97 Å². The molecule has 0 aliphatic heterocycles. The van der Waals surface area contributed by atoms with Crippen molar-refractivity contribution in [2.75, 3.05) is 5.32 Å². The molecule has 1 unspecified atom stereocenters. The molecule has 20 heavy (non-hydrogen) atoms. The molecule has 1 aliphatic carbocycles. The smallest absolute Gasteiger partial charge is 0.138 e. The van der Waals surface area contributed by atoms with E-state index in [1.54, 1.807) is 17.7 Å². The molecule has 4 heteroatoms. The second-order valence-corrected chi connectivity index (χ2v) is 6.47. The van der Waals surface area contributed by atoms with Crippen molar-refractivity contribution >= 4 is 27.4 Å². The zero-order valence-corrected chi connectivity index (χ0v) is 12.1. The number of aromatic nitrogens is 2. The first kappa shape index (κ1) is 11.9. The molecule has 1 atom stereocenters. The summed E-state index contributed by atoms with van der Waals surface area (Å²) in [5.41, 5.74) is 2.86. The quantitative estimate of drug-likeness (QED) is 0.768. The molecule has 2 aromatic heterocycles. The Balaban J connectivity index is 1.72. The van der Waals surface area contributed by atoms with Crippen LogP contribution in [0.4, 0.5) is 5.82 Å². The van der Waals surface area contributed by atoms with Crippen molar-refractivity contribution in [1.82, 2.24) is 9.97 Å². The number of thiophene rings is 1. The SMILES string of the molecule is Cc1cc2c(NC3CCc4ccccc43)ncnc2s1. The molecule has 0 bridgehead atoms. The summed E-state index contributed by atoms with van der Waals surface area (Å²) in [7, 11) is 0. The van der Waals surface area contributed by atoms with Gasteiger partial charge in [-0.15, -0.1) is 11.3 Å². The van der Waals surface area contributed by atoms with Crippen molar-refractivity contribution in [3.05, 3.63) is 52.7 Å². The molecule has 100 valence electrons. The molecule has 3 nitrogen and oxygen atoms in total. The van der Waals surface area contributed by atoms with Crippen molar-refractivity contribution in [3.63, 3.8) is 0 Å². The average Bonchev–Trinajstić information content (AvgIpc) is 3.03. The van der Waals surface area contributed by atoms with Gasteiger partial charge < -0.3 is 5.32 Å². The highest BCUT2D eigenvalue weighted by atomic mass is 32.1. The maximum atomic E-state index is 4.44. The summed E-state index contributed by atoms with van der Waals surface area (Å²) in [6, 6.07) is 11.2. The van der Waals surface area contributed by atoms with Crippen LogP contribution in [0.1, 0.15) is 28.5 Å². The van der Waals surface area contributed by atoms with Gasteiger partial charge in [-0.05, 0) is 37.0 Å². The molecule has 1 aromatic carbocycles. The Hall–Kier alpha value is -1.94. The van der Waals surface area contributed by atoms with Crippen molar-refractivity contribution in [2.45, 2.75) is 25.8 Å². The summed E-state index contributed by atoms with van der Waals surface area (Å²) >= 11 is 1.72. The number of nitrogens with one attached hydrogen (secondary N) is 1. The van der Waals surface area contributed by atoms with E-state index < -0.39 is 0 Å². The number of hydrogen-bond acceptors (Lipinski definition) is 4. The normalized spacial score (nSPS) is 17.4. The third-order valence-electron chi connectivity index (χ3n) is 3.90. The minimum Gasteiger partial charge on any atom is -0.363 e. The van der Waals surface area contributed by atoms with E-state index in [4.69, 9.17) is 0 Å². The lowest BCUT2D eigenvalue weighted by Gasteiger charge is -2.15. The second-order valence-electron chi connectivity index (χ2n) is 5.23. The molecular weight excluding hydrogens is 266 g/mol. The van der Waals surface area contributed by atoms with E-state index in [1.807, 2.05) is 0 Å². The van der Waals surface area contributed by atoms with E-state index >= 15 is 0 Å².